The molecule has 0 aliphatic carbocycles. The Morgan fingerprint density at radius 1 is 1.39 bits per heavy atom. The summed E-state index contributed by atoms with van der Waals surface area (Å²) >= 11 is 0. The second-order valence-corrected chi connectivity index (χ2v) is 4.48. The quantitative estimate of drug-likeness (QED) is 0.755. The molecule has 1 atom stereocenters. The topological polar surface area (TPSA) is 58.7 Å². The van der Waals surface area contributed by atoms with Crippen LogP contribution in [0.25, 0.3) is 0 Å². The van der Waals surface area contributed by atoms with Crippen molar-refractivity contribution in [1.82, 2.24) is 4.90 Å². The molecule has 0 heterocycles. The van der Waals surface area contributed by atoms with Gasteiger partial charge in [0.05, 0.1) is 12.7 Å². The van der Waals surface area contributed by atoms with E-state index in [1.54, 1.807) is 7.11 Å². The number of nitrogens with zero attached hydrogens (tertiary/aromatic N) is 1. The van der Waals surface area contributed by atoms with Gasteiger partial charge in [0.15, 0.2) is 0 Å². The fourth-order valence-electron chi connectivity index (χ4n) is 1.91. The number of aliphatic hydroxyl groups is 1. The minimum atomic E-state index is -0.539. The number of likely N-dealkylation sites (N-methyl/N-ethyl adjacent to an activating group) is 1. The van der Waals surface area contributed by atoms with E-state index < -0.39 is 6.10 Å². The summed E-state index contributed by atoms with van der Waals surface area (Å²) in [5, 5.41) is 9.59. The van der Waals surface area contributed by atoms with Crippen molar-refractivity contribution in [2.45, 2.75) is 19.2 Å². The molecular formula is C13H21FN2O2. The summed E-state index contributed by atoms with van der Waals surface area (Å²) in [4.78, 5) is 1.92. The van der Waals surface area contributed by atoms with E-state index in [-0.39, 0.29) is 5.82 Å². The van der Waals surface area contributed by atoms with Gasteiger partial charge >= 0.3 is 0 Å². The van der Waals surface area contributed by atoms with Gasteiger partial charge < -0.3 is 15.6 Å². The van der Waals surface area contributed by atoms with Crippen molar-refractivity contribution in [3.8, 4) is 0 Å². The van der Waals surface area contributed by atoms with Crippen molar-refractivity contribution in [2.75, 3.05) is 27.3 Å². The van der Waals surface area contributed by atoms with Crippen LogP contribution in [0, 0.1) is 5.82 Å². The predicted molar refractivity (Wildman–Crippen MR) is 68.5 cm³/mol. The zero-order chi connectivity index (χ0) is 13.5. The number of halogens is 1. The highest BCUT2D eigenvalue weighted by Crippen LogP contribution is 2.11. The molecule has 5 heteroatoms. The fourth-order valence-corrected chi connectivity index (χ4v) is 1.91. The van der Waals surface area contributed by atoms with Gasteiger partial charge in [-0.3, -0.25) is 4.90 Å². The van der Waals surface area contributed by atoms with Gasteiger partial charge in [-0.2, -0.15) is 0 Å². The summed E-state index contributed by atoms with van der Waals surface area (Å²) in [6, 6.07) is 4.80. The molecule has 0 amide bonds. The Labute approximate surface area is 107 Å². The van der Waals surface area contributed by atoms with E-state index >= 15 is 0 Å². The number of aliphatic hydroxyl groups excluding tert-OH is 1. The van der Waals surface area contributed by atoms with Crippen LogP contribution in [0.2, 0.25) is 0 Å². The highest BCUT2D eigenvalue weighted by molar-refractivity contribution is 5.24. The van der Waals surface area contributed by atoms with Gasteiger partial charge in [-0.15, -0.1) is 0 Å². The maximum Gasteiger partial charge on any atom is 0.123 e. The minimum absolute atomic E-state index is 0.279. The molecule has 0 bridgehead atoms. The standard InChI is InChI=1S/C13H21FN2O2/c1-16(8-13(17)9-18-2)7-11-3-10(6-15)4-12(14)5-11/h3-5,13,17H,6-9,15H2,1-2H3. The summed E-state index contributed by atoms with van der Waals surface area (Å²) in [5.41, 5.74) is 7.13. The first-order valence-corrected chi connectivity index (χ1v) is 5.89. The molecule has 1 unspecified atom stereocenters. The third-order valence-electron chi connectivity index (χ3n) is 2.59. The zero-order valence-corrected chi connectivity index (χ0v) is 10.9. The van der Waals surface area contributed by atoms with E-state index in [1.807, 2.05) is 18.0 Å². The lowest BCUT2D eigenvalue weighted by Crippen LogP contribution is -2.31. The number of ether oxygens (including phenoxy) is 1. The minimum Gasteiger partial charge on any atom is -0.389 e. The molecule has 102 valence electrons. The lowest BCUT2D eigenvalue weighted by molar-refractivity contribution is 0.0418. The maximum absolute atomic E-state index is 13.3. The van der Waals surface area contributed by atoms with Crippen LogP contribution >= 0.6 is 0 Å². The highest BCUT2D eigenvalue weighted by Gasteiger charge is 2.09. The largest absolute Gasteiger partial charge is 0.389 e. The summed E-state index contributed by atoms with van der Waals surface area (Å²) in [6.07, 6.45) is -0.539. The number of methoxy groups -OCH3 is 1. The van der Waals surface area contributed by atoms with Gasteiger partial charge in [0.1, 0.15) is 5.82 Å². The number of benzene rings is 1. The van der Waals surface area contributed by atoms with Crippen LogP contribution in [-0.2, 0) is 17.8 Å². The summed E-state index contributed by atoms with van der Waals surface area (Å²) in [7, 11) is 3.41. The Morgan fingerprint density at radius 3 is 2.67 bits per heavy atom. The van der Waals surface area contributed by atoms with Crippen molar-refractivity contribution >= 4 is 0 Å². The van der Waals surface area contributed by atoms with Crippen molar-refractivity contribution in [2.24, 2.45) is 5.73 Å². The second kappa shape index (κ2) is 7.43. The van der Waals surface area contributed by atoms with Crippen LogP contribution < -0.4 is 5.73 Å². The molecule has 0 saturated carbocycles. The fraction of sp³-hybridized carbons (Fsp3) is 0.538. The first-order chi connectivity index (χ1) is 8.55. The average Bonchev–Trinajstić information content (AvgIpc) is 2.27. The molecule has 0 aliphatic rings. The SMILES string of the molecule is COCC(O)CN(C)Cc1cc(F)cc(CN)c1. The highest BCUT2D eigenvalue weighted by atomic mass is 19.1. The van der Waals surface area contributed by atoms with E-state index in [4.69, 9.17) is 10.5 Å². The van der Waals surface area contributed by atoms with E-state index in [2.05, 4.69) is 0 Å². The van der Waals surface area contributed by atoms with Crippen LogP contribution in [-0.4, -0.2) is 43.4 Å². The average molecular weight is 256 g/mol. The van der Waals surface area contributed by atoms with Crippen molar-refractivity contribution < 1.29 is 14.2 Å². The Balaban J connectivity index is 2.58. The molecular weight excluding hydrogens is 235 g/mol. The van der Waals surface area contributed by atoms with Gasteiger partial charge in [-0.05, 0) is 30.3 Å². The molecule has 1 aromatic carbocycles. The Bertz CT molecular complexity index is 374. The Hall–Kier alpha value is -1.01. The van der Waals surface area contributed by atoms with Gasteiger partial charge in [0, 0.05) is 26.7 Å². The molecule has 0 aliphatic heterocycles. The normalized spacial score (nSPS) is 13.0. The van der Waals surface area contributed by atoms with E-state index in [0.717, 1.165) is 11.1 Å². The molecule has 1 aromatic rings. The molecule has 0 radical (unpaired) electrons. The van der Waals surface area contributed by atoms with Crippen molar-refractivity contribution in [3.63, 3.8) is 0 Å². The number of rotatable bonds is 7. The molecule has 1 rings (SSSR count). The van der Waals surface area contributed by atoms with Gasteiger partial charge in [0.25, 0.3) is 0 Å². The van der Waals surface area contributed by atoms with Gasteiger partial charge in [-0.1, -0.05) is 6.07 Å². The first-order valence-electron chi connectivity index (χ1n) is 5.89. The van der Waals surface area contributed by atoms with Crippen LogP contribution in [0.3, 0.4) is 0 Å². The maximum atomic E-state index is 13.3. The van der Waals surface area contributed by atoms with E-state index in [0.29, 0.717) is 26.2 Å². The third kappa shape index (κ3) is 5.10. The van der Waals surface area contributed by atoms with E-state index in [9.17, 15) is 9.50 Å². The Kier molecular flexibility index (Phi) is 6.21. The molecule has 0 aromatic heterocycles. The van der Waals surface area contributed by atoms with Crippen LogP contribution in [0.1, 0.15) is 11.1 Å². The Morgan fingerprint density at radius 2 is 2.06 bits per heavy atom. The second-order valence-electron chi connectivity index (χ2n) is 4.48. The molecule has 18 heavy (non-hydrogen) atoms. The summed E-state index contributed by atoms with van der Waals surface area (Å²) in [6.45, 7) is 1.65. The summed E-state index contributed by atoms with van der Waals surface area (Å²) in [5.74, 6) is -0.279. The van der Waals surface area contributed by atoms with Gasteiger partial charge in [-0.25, -0.2) is 4.39 Å². The molecule has 0 spiro atoms. The molecule has 0 saturated heterocycles. The predicted octanol–water partition coefficient (Wildman–Crippen LogP) is 0.723. The lowest BCUT2D eigenvalue weighted by Gasteiger charge is -2.20. The number of hydrogen-bond acceptors (Lipinski definition) is 4. The molecule has 0 fully saturated rings. The zero-order valence-electron chi connectivity index (χ0n) is 10.9. The lowest BCUT2D eigenvalue weighted by atomic mass is 10.1. The summed E-state index contributed by atoms with van der Waals surface area (Å²) < 4.78 is 18.2. The number of nitrogens with two attached hydrogens (primary N) is 1. The van der Waals surface area contributed by atoms with Gasteiger partial charge in [0.2, 0.25) is 0 Å². The van der Waals surface area contributed by atoms with Crippen LogP contribution in [0.4, 0.5) is 4.39 Å². The smallest absolute Gasteiger partial charge is 0.123 e. The number of hydrogen-bond donors (Lipinski definition) is 2. The third-order valence-corrected chi connectivity index (χ3v) is 2.59. The van der Waals surface area contributed by atoms with Crippen LogP contribution in [0.5, 0.6) is 0 Å². The first kappa shape index (κ1) is 15.0. The van der Waals surface area contributed by atoms with Crippen molar-refractivity contribution in [3.05, 3.63) is 35.1 Å². The van der Waals surface area contributed by atoms with Crippen LogP contribution in [0.15, 0.2) is 18.2 Å². The van der Waals surface area contributed by atoms with E-state index in [1.165, 1.54) is 12.1 Å². The molecule has 3 N–H and O–H groups in total. The van der Waals surface area contributed by atoms with Crippen molar-refractivity contribution in [1.29, 1.82) is 0 Å². The monoisotopic (exact) mass is 256 g/mol. The molecule has 4 nitrogen and oxygen atoms in total.